The summed E-state index contributed by atoms with van der Waals surface area (Å²) < 4.78 is 0. The van der Waals surface area contributed by atoms with Gasteiger partial charge in [-0.15, -0.1) is 11.8 Å². The Morgan fingerprint density at radius 1 is 1.15 bits per heavy atom. The first-order valence-electron chi connectivity index (χ1n) is 8.91. The highest BCUT2D eigenvalue weighted by atomic mass is 32.2. The summed E-state index contributed by atoms with van der Waals surface area (Å²) in [5.41, 5.74) is 3.65. The number of H-pyrrole nitrogens is 1. The van der Waals surface area contributed by atoms with Crippen LogP contribution in [0.25, 0.3) is 10.9 Å². The highest BCUT2D eigenvalue weighted by molar-refractivity contribution is 7.98. The summed E-state index contributed by atoms with van der Waals surface area (Å²) in [7, 11) is 2.06. The van der Waals surface area contributed by atoms with Crippen molar-refractivity contribution in [3.63, 3.8) is 0 Å². The molecule has 1 heterocycles. The van der Waals surface area contributed by atoms with Crippen LogP contribution in [0.2, 0.25) is 0 Å². The van der Waals surface area contributed by atoms with Crippen molar-refractivity contribution in [2.75, 3.05) is 26.4 Å². The maximum absolute atomic E-state index is 12.2. The van der Waals surface area contributed by atoms with Gasteiger partial charge in [0.1, 0.15) is 6.54 Å². The van der Waals surface area contributed by atoms with Crippen LogP contribution < -0.4 is 10.2 Å². The van der Waals surface area contributed by atoms with Gasteiger partial charge in [0.25, 0.3) is 5.91 Å². The van der Waals surface area contributed by atoms with E-state index in [2.05, 4.69) is 60.0 Å². The van der Waals surface area contributed by atoms with E-state index in [9.17, 15) is 4.79 Å². The number of hydrogen-bond donors (Lipinski definition) is 3. The second kappa shape index (κ2) is 8.92. The lowest BCUT2D eigenvalue weighted by Gasteiger charge is -2.14. The lowest BCUT2D eigenvalue weighted by molar-refractivity contribution is -0.885. The Labute approximate surface area is 159 Å². The molecule has 3 aromatic rings. The van der Waals surface area contributed by atoms with Gasteiger partial charge in [0, 0.05) is 34.1 Å². The lowest BCUT2D eigenvalue weighted by Crippen LogP contribution is -3.08. The molecule has 1 aromatic heterocycles. The zero-order valence-corrected chi connectivity index (χ0v) is 16.2. The molecule has 3 N–H and O–H groups in total. The molecule has 0 aliphatic carbocycles. The van der Waals surface area contributed by atoms with Gasteiger partial charge >= 0.3 is 0 Å². The van der Waals surface area contributed by atoms with Gasteiger partial charge in [-0.05, 0) is 36.4 Å². The summed E-state index contributed by atoms with van der Waals surface area (Å²) in [6.07, 6.45) is 4.95. The van der Waals surface area contributed by atoms with Crippen LogP contribution in [-0.4, -0.2) is 37.3 Å². The zero-order valence-electron chi connectivity index (χ0n) is 15.3. The van der Waals surface area contributed by atoms with E-state index < -0.39 is 0 Å². The van der Waals surface area contributed by atoms with Crippen molar-refractivity contribution in [1.82, 2.24) is 10.3 Å². The maximum Gasteiger partial charge on any atom is 0.275 e. The predicted molar refractivity (Wildman–Crippen MR) is 109 cm³/mol. The number of benzene rings is 2. The normalized spacial score (nSPS) is 12.2. The van der Waals surface area contributed by atoms with Crippen molar-refractivity contribution in [3.8, 4) is 0 Å². The van der Waals surface area contributed by atoms with Crippen LogP contribution in [-0.2, 0) is 17.8 Å². The Hall–Kier alpha value is -2.24. The van der Waals surface area contributed by atoms with Gasteiger partial charge in [0.15, 0.2) is 6.54 Å². The van der Waals surface area contributed by atoms with Gasteiger partial charge in [0.2, 0.25) is 0 Å². The molecular formula is C21H26N3OS+. The number of thioether (sulfide) groups is 1. The van der Waals surface area contributed by atoms with Crippen LogP contribution in [0.3, 0.4) is 0 Å². The number of hydrogen-bond acceptors (Lipinski definition) is 2. The van der Waals surface area contributed by atoms with E-state index in [-0.39, 0.29) is 5.91 Å². The number of fused-ring (bicyclic) bond motifs is 1. The molecule has 0 aliphatic rings. The molecule has 0 fully saturated rings. The first-order chi connectivity index (χ1) is 12.7. The third kappa shape index (κ3) is 4.90. The Balaban J connectivity index is 1.43. The average Bonchev–Trinajstić information content (AvgIpc) is 3.05. The number of nitrogens with one attached hydrogen (secondary N) is 3. The number of likely N-dealkylation sites (N-methyl/N-ethyl adjacent to an activating group) is 1. The third-order valence-corrected chi connectivity index (χ3v) is 5.26. The molecule has 26 heavy (non-hydrogen) atoms. The Kier molecular flexibility index (Phi) is 6.36. The van der Waals surface area contributed by atoms with Crippen LogP contribution in [0.4, 0.5) is 0 Å². The van der Waals surface area contributed by atoms with Crippen LogP contribution in [0.15, 0.2) is 59.6 Å². The fourth-order valence-corrected chi connectivity index (χ4v) is 3.57. The Bertz CT molecular complexity index is 857. The molecule has 2 aromatic carbocycles. The molecule has 0 radical (unpaired) electrons. The van der Waals surface area contributed by atoms with E-state index in [1.165, 1.54) is 26.3 Å². The molecule has 0 saturated heterocycles. The van der Waals surface area contributed by atoms with Gasteiger partial charge in [-0.25, -0.2) is 0 Å². The largest absolute Gasteiger partial charge is 0.361 e. The molecule has 136 valence electrons. The quantitative estimate of drug-likeness (QED) is 0.534. The first kappa shape index (κ1) is 18.5. The zero-order chi connectivity index (χ0) is 18.4. The Morgan fingerprint density at radius 3 is 2.69 bits per heavy atom. The molecule has 1 atom stereocenters. The summed E-state index contributed by atoms with van der Waals surface area (Å²) in [5, 5.41) is 4.28. The van der Waals surface area contributed by atoms with Gasteiger partial charge < -0.3 is 15.2 Å². The second-order valence-electron chi connectivity index (χ2n) is 6.62. The lowest BCUT2D eigenvalue weighted by atomic mass is 10.1. The fraction of sp³-hybridized carbons (Fsp3) is 0.286. The summed E-state index contributed by atoms with van der Waals surface area (Å²) in [6.45, 7) is 2.00. The van der Waals surface area contributed by atoms with Crippen molar-refractivity contribution in [2.45, 2.75) is 17.9 Å². The van der Waals surface area contributed by atoms with E-state index in [1.54, 1.807) is 11.8 Å². The van der Waals surface area contributed by atoms with Gasteiger partial charge in [-0.3, -0.25) is 4.79 Å². The molecule has 0 bridgehead atoms. The minimum absolute atomic E-state index is 0.100. The summed E-state index contributed by atoms with van der Waals surface area (Å²) in [6, 6.07) is 16.8. The molecule has 5 heteroatoms. The highest BCUT2D eigenvalue weighted by Gasteiger charge is 2.11. The van der Waals surface area contributed by atoms with Gasteiger partial charge in [0.05, 0.1) is 7.05 Å². The van der Waals surface area contributed by atoms with Crippen molar-refractivity contribution in [2.24, 2.45) is 0 Å². The Morgan fingerprint density at radius 2 is 1.92 bits per heavy atom. The molecule has 0 saturated carbocycles. The maximum atomic E-state index is 12.2. The monoisotopic (exact) mass is 368 g/mol. The topological polar surface area (TPSA) is 49.3 Å². The molecule has 0 aliphatic heterocycles. The van der Waals surface area contributed by atoms with E-state index >= 15 is 0 Å². The standard InChI is InChI=1S/C21H25N3OS/c1-24(14-16-7-9-18(26-2)10-8-16)15-21(25)22-12-11-17-13-23-20-6-4-3-5-19(17)20/h3-10,13,23H,11-12,14-15H2,1-2H3,(H,22,25)/p+1. The molecule has 0 spiro atoms. The molecule has 3 rings (SSSR count). The van der Waals surface area contributed by atoms with Crippen molar-refractivity contribution >= 4 is 28.6 Å². The van der Waals surface area contributed by atoms with Crippen molar-refractivity contribution in [3.05, 3.63) is 65.9 Å². The number of para-hydroxylation sites is 1. The average molecular weight is 369 g/mol. The number of amides is 1. The number of aromatic amines is 1. The third-order valence-electron chi connectivity index (χ3n) is 4.52. The van der Waals surface area contributed by atoms with E-state index in [0.717, 1.165) is 18.5 Å². The molecule has 4 nitrogen and oxygen atoms in total. The second-order valence-corrected chi connectivity index (χ2v) is 7.50. The minimum Gasteiger partial charge on any atom is -0.361 e. The first-order valence-corrected chi connectivity index (χ1v) is 10.1. The van der Waals surface area contributed by atoms with E-state index in [1.807, 2.05) is 18.3 Å². The fourth-order valence-electron chi connectivity index (χ4n) is 3.17. The SMILES string of the molecule is CSc1ccc(C[NH+](C)CC(=O)NCCc2c[nH]c3ccccc23)cc1. The minimum atomic E-state index is 0.100. The van der Waals surface area contributed by atoms with Crippen LogP contribution in [0.5, 0.6) is 0 Å². The number of rotatable bonds is 8. The van der Waals surface area contributed by atoms with Crippen LogP contribution in [0, 0.1) is 0 Å². The van der Waals surface area contributed by atoms with Gasteiger partial charge in [-0.1, -0.05) is 30.3 Å². The summed E-state index contributed by atoms with van der Waals surface area (Å²) in [4.78, 5) is 17.9. The number of carbonyl (C=O) groups is 1. The number of aromatic nitrogens is 1. The summed E-state index contributed by atoms with van der Waals surface area (Å²) in [5.74, 6) is 0.100. The predicted octanol–water partition coefficient (Wildman–Crippen LogP) is 2.26. The van der Waals surface area contributed by atoms with E-state index in [0.29, 0.717) is 13.1 Å². The van der Waals surface area contributed by atoms with Crippen LogP contribution in [0.1, 0.15) is 11.1 Å². The van der Waals surface area contributed by atoms with Crippen molar-refractivity contribution < 1.29 is 9.69 Å². The van der Waals surface area contributed by atoms with Crippen LogP contribution >= 0.6 is 11.8 Å². The van der Waals surface area contributed by atoms with E-state index in [4.69, 9.17) is 0 Å². The molecule has 1 unspecified atom stereocenters. The van der Waals surface area contributed by atoms with Crippen molar-refractivity contribution in [1.29, 1.82) is 0 Å². The van der Waals surface area contributed by atoms with Gasteiger partial charge in [-0.2, -0.15) is 0 Å². The molecular weight excluding hydrogens is 342 g/mol. The number of carbonyl (C=O) groups excluding carboxylic acids is 1. The summed E-state index contributed by atoms with van der Waals surface area (Å²) >= 11 is 1.74. The molecule has 1 amide bonds. The smallest absolute Gasteiger partial charge is 0.275 e. The number of quaternary nitrogens is 1. The highest BCUT2D eigenvalue weighted by Crippen LogP contribution is 2.17.